The van der Waals surface area contributed by atoms with Crippen LogP contribution < -0.4 is 19.1 Å². The number of nitro groups is 1. The van der Waals surface area contributed by atoms with Gasteiger partial charge in [0, 0.05) is 17.8 Å². The molecule has 0 radical (unpaired) electrons. The lowest BCUT2D eigenvalue weighted by Gasteiger charge is -2.49. The van der Waals surface area contributed by atoms with Gasteiger partial charge in [-0.05, 0) is 55.0 Å². The summed E-state index contributed by atoms with van der Waals surface area (Å²) in [6.45, 7) is 2.41. The molecule has 0 saturated carbocycles. The molecule has 2 atom stereocenters. The van der Waals surface area contributed by atoms with Crippen LogP contribution in [0.2, 0.25) is 0 Å². The van der Waals surface area contributed by atoms with E-state index in [-0.39, 0.29) is 23.6 Å². The second kappa shape index (κ2) is 8.33. The van der Waals surface area contributed by atoms with Crippen LogP contribution in [0, 0.1) is 10.1 Å². The zero-order valence-corrected chi connectivity index (χ0v) is 19.5. The average Bonchev–Trinajstić information content (AvgIpc) is 3.46. The van der Waals surface area contributed by atoms with E-state index in [2.05, 4.69) is 0 Å². The predicted molar refractivity (Wildman–Crippen MR) is 128 cm³/mol. The molecule has 1 fully saturated rings. The van der Waals surface area contributed by atoms with Gasteiger partial charge in [-0.3, -0.25) is 29.4 Å². The Morgan fingerprint density at radius 1 is 0.892 bits per heavy atom. The topological polar surface area (TPSA) is 129 Å². The first kappa shape index (κ1) is 22.5. The summed E-state index contributed by atoms with van der Waals surface area (Å²) in [4.78, 5) is 53.2. The molecule has 0 aliphatic carbocycles. The van der Waals surface area contributed by atoms with Crippen molar-refractivity contribution in [3.8, 4) is 17.2 Å². The van der Waals surface area contributed by atoms with Crippen molar-refractivity contribution >= 4 is 29.1 Å². The van der Waals surface area contributed by atoms with Crippen LogP contribution in [0.5, 0.6) is 17.2 Å². The molecule has 0 spiro atoms. The fraction of sp³-hybridized carbons (Fsp3) is 0.192. The van der Waals surface area contributed by atoms with Gasteiger partial charge in [0.1, 0.15) is 11.8 Å². The number of nitrogens with zero attached hydrogens (tertiary/aromatic N) is 3. The van der Waals surface area contributed by atoms with Crippen molar-refractivity contribution in [3.05, 3.63) is 87.5 Å². The molecule has 3 amide bonds. The highest BCUT2D eigenvalue weighted by molar-refractivity contribution is 6.25. The normalized spacial score (nSPS) is 19.6. The standard InChI is InChI=1S/C26H19N3O8/c1-2-35-17-7-4-15(5-8-17)27-22(14-3-10-20-21(11-14)37-13-36-20)23(26(27)32)28-24(30)18-9-6-16(29(33)34)12-19(18)25(28)31/h3-12,22-23H,2,13H2,1H3/t22-,23-/m0/s1. The van der Waals surface area contributed by atoms with Crippen molar-refractivity contribution in [2.45, 2.75) is 19.0 Å². The number of carbonyl (C=O) groups is 3. The molecular formula is C26H19N3O8. The lowest BCUT2D eigenvalue weighted by molar-refractivity contribution is -0.384. The van der Waals surface area contributed by atoms with E-state index in [0.717, 1.165) is 17.0 Å². The van der Waals surface area contributed by atoms with Crippen molar-refractivity contribution in [2.24, 2.45) is 0 Å². The molecule has 11 nitrogen and oxygen atoms in total. The molecule has 3 aromatic carbocycles. The van der Waals surface area contributed by atoms with E-state index in [4.69, 9.17) is 14.2 Å². The minimum atomic E-state index is -1.15. The quantitative estimate of drug-likeness (QED) is 0.217. The Morgan fingerprint density at radius 3 is 2.35 bits per heavy atom. The van der Waals surface area contributed by atoms with Gasteiger partial charge in [0.25, 0.3) is 23.4 Å². The van der Waals surface area contributed by atoms with Crippen LogP contribution >= 0.6 is 0 Å². The summed E-state index contributed by atoms with van der Waals surface area (Å²) in [6.07, 6.45) is 0. The van der Waals surface area contributed by atoms with E-state index in [1.54, 1.807) is 42.5 Å². The molecule has 11 heteroatoms. The van der Waals surface area contributed by atoms with Crippen molar-refractivity contribution in [1.29, 1.82) is 0 Å². The molecular weight excluding hydrogens is 482 g/mol. The first-order valence-electron chi connectivity index (χ1n) is 11.5. The maximum absolute atomic E-state index is 13.6. The minimum Gasteiger partial charge on any atom is -0.494 e. The fourth-order valence-electron chi connectivity index (χ4n) is 4.92. The summed E-state index contributed by atoms with van der Waals surface area (Å²) < 4.78 is 16.4. The number of nitro benzene ring substituents is 1. The average molecular weight is 501 g/mol. The summed E-state index contributed by atoms with van der Waals surface area (Å²) >= 11 is 0. The maximum Gasteiger partial charge on any atom is 0.270 e. The van der Waals surface area contributed by atoms with E-state index in [1.807, 2.05) is 6.92 Å². The monoisotopic (exact) mass is 501 g/mol. The van der Waals surface area contributed by atoms with Gasteiger partial charge in [-0.15, -0.1) is 0 Å². The summed E-state index contributed by atoms with van der Waals surface area (Å²) in [6, 6.07) is 13.7. The molecule has 1 saturated heterocycles. The predicted octanol–water partition coefficient (Wildman–Crippen LogP) is 3.47. The molecule has 3 aromatic rings. The van der Waals surface area contributed by atoms with Crippen molar-refractivity contribution < 1.29 is 33.5 Å². The van der Waals surface area contributed by atoms with Gasteiger partial charge in [-0.25, -0.2) is 0 Å². The number of hydrogen-bond donors (Lipinski definition) is 0. The summed E-state index contributed by atoms with van der Waals surface area (Å²) in [5.74, 6) is -0.218. The second-order valence-corrected chi connectivity index (χ2v) is 8.60. The largest absolute Gasteiger partial charge is 0.494 e. The molecule has 6 rings (SSSR count). The van der Waals surface area contributed by atoms with E-state index in [9.17, 15) is 24.5 Å². The molecule has 0 aromatic heterocycles. The number of carbonyl (C=O) groups excluding carboxylic acids is 3. The number of anilines is 1. The third-order valence-corrected chi connectivity index (χ3v) is 6.62. The number of rotatable bonds is 6. The summed E-state index contributed by atoms with van der Waals surface area (Å²) in [5.41, 5.74) is 0.790. The van der Waals surface area contributed by atoms with Crippen LogP contribution in [0.4, 0.5) is 11.4 Å². The molecule has 0 N–H and O–H groups in total. The van der Waals surface area contributed by atoms with Crippen LogP contribution in [0.1, 0.15) is 39.2 Å². The number of benzene rings is 3. The minimum absolute atomic E-state index is 0.0207. The summed E-state index contributed by atoms with van der Waals surface area (Å²) in [7, 11) is 0. The third kappa shape index (κ3) is 3.39. The second-order valence-electron chi connectivity index (χ2n) is 8.60. The van der Waals surface area contributed by atoms with Gasteiger partial charge < -0.3 is 19.1 Å². The van der Waals surface area contributed by atoms with Gasteiger partial charge >= 0.3 is 0 Å². The van der Waals surface area contributed by atoms with Crippen LogP contribution in [0.25, 0.3) is 0 Å². The number of imide groups is 1. The molecule has 0 bridgehead atoms. The summed E-state index contributed by atoms with van der Waals surface area (Å²) in [5, 5.41) is 11.2. The number of β-lactam (4-membered cyclic amide) rings is 1. The Kier molecular flexibility index (Phi) is 5.07. The highest BCUT2D eigenvalue weighted by Crippen LogP contribution is 2.46. The number of amides is 3. The molecule has 3 aliphatic rings. The van der Waals surface area contributed by atoms with Crippen molar-refractivity contribution in [2.75, 3.05) is 18.3 Å². The number of hydrogen-bond acceptors (Lipinski definition) is 8. The molecule has 3 heterocycles. The highest BCUT2D eigenvalue weighted by Gasteiger charge is 2.57. The van der Waals surface area contributed by atoms with Crippen LogP contribution in [-0.4, -0.2) is 47.0 Å². The Morgan fingerprint density at radius 2 is 1.62 bits per heavy atom. The first-order chi connectivity index (χ1) is 17.9. The molecule has 3 aliphatic heterocycles. The lowest BCUT2D eigenvalue weighted by Crippen LogP contribution is -2.67. The van der Waals surface area contributed by atoms with Gasteiger partial charge in [0.15, 0.2) is 11.5 Å². The van der Waals surface area contributed by atoms with E-state index in [0.29, 0.717) is 35.1 Å². The first-order valence-corrected chi connectivity index (χ1v) is 11.5. The van der Waals surface area contributed by atoms with Gasteiger partial charge in [0.05, 0.1) is 28.7 Å². The smallest absolute Gasteiger partial charge is 0.270 e. The van der Waals surface area contributed by atoms with E-state index >= 15 is 0 Å². The Bertz CT molecular complexity index is 1490. The number of fused-ring (bicyclic) bond motifs is 2. The van der Waals surface area contributed by atoms with Gasteiger partial charge in [0.2, 0.25) is 6.79 Å². The number of non-ortho nitro benzene ring substituents is 1. The Labute approximate surface area is 209 Å². The zero-order valence-electron chi connectivity index (χ0n) is 19.5. The van der Waals surface area contributed by atoms with Crippen LogP contribution in [0.3, 0.4) is 0 Å². The lowest BCUT2D eigenvalue weighted by atomic mass is 9.86. The van der Waals surface area contributed by atoms with Crippen LogP contribution in [0.15, 0.2) is 60.7 Å². The highest BCUT2D eigenvalue weighted by atomic mass is 16.7. The number of ether oxygens (including phenoxy) is 3. The molecule has 186 valence electrons. The van der Waals surface area contributed by atoms with Crippen molar-refractivity contribution in [3.63, 3.8) is 0 Å². The SMILES string of the molecule is CCOc1ccc(N2C(=O)[C@@H](N3C(=O)c4ccc([N+](=O)[O-])cc4C3=O)[C@@H]2c2ccc3c(c2)OCO3)cc1. The Hall–Kier alpha value is -4.93. The van der Waals surface area contributed by atoms with Crippen LogP contribution in [-0.2, 0) is 4.79 Å². The fourth-order valence-corrected chi connectivity index (χ4v) is 4.92. The van der Waals surface area contributed by atoms with E-state index < -0.39 is 34.7 Å². The zero-order chi connectivity index (χ0) is 25.8. The van der Waals surface area contributed by atoms with Crippen molar-refractivity contribution in [1.82, 2.24) is 4.90 Å². The molecule has 37 heavy (non-hydrogen) atoms. The maximum atomic E-state index is 13.6. The molecule has 0 unspecified atom stereocenters. The van der Waals surface area contributed by atoms with E-state index in [1.165, 1.54) is 11.0 Å². The van der Waals surface area contributed by atoms with Gasteiger partial charge in [-0.2, -0.15) is 0 Å². The third-order valence-electron chi connectivity index (χ3n) is 6.62. The van der Waals surface area contributed by atoms with Gasteiger partial charge in [-0.1, -0.05) is 6.07 Å². The Balaban J connectivity index is 1.41.